The third-order valence-corrected chi connectivity index (χ3v) is 13.9. The van der Waals surface area contributed by atoms with Crippen molar-refractivity contribution in [2.24, 2.45) is 0 Å². The van der Waals surface area contributed by atoms with Gasteiger partial charge in [0.25, 0.3) is 0 Å². The Labute approximate surface area is 408 Å². The summed E-state index contributed by atoms with van der Waals surface area (Å²) in [5.74, 6) is 0. The molecule has 0 unspecified atom stereocenters. The van der Waals surface area contributed by atoms with Gasteiger partial charge < -0.3 is 4.57 Å². The van der Waals surface area contributed by atoms with Crippen molar-refractivity contribution in [3.8, 4) is 83.6 Å². The van der Waals surface area contributed by atoms with Crippen molar-refractivity contribution in [3.05, 3.63) is 246 Å². The van der Waals surface area contributed by atoms with Gasteiger partial charge in [-0.25, -0.2) is 0 Å². The first-order chi connectivity index (χ1) is 33.4. The first-order valence-electron chi connectivity index (χ1n) is 24.3. The van der Waals surface area contributed by atoms with Crippen LogP contribution in [-0.4, -0.2) is 4.57 Å². The molecule has 0 atom stereocenters. The Kier molecular flexibility index (Phi) is 11.1. The van der Waals surface area contributed by atoms with E-state index in [1.165, 1.54) is 133 Å². The summed E-state index contributed by atoms with van der Waals surface area (Å²) < 4.78 is 2.51. The van der Waals surface area contributed by atoms with E-state index < -0.39 is 0 Å². The molecule has 0 aliphatic heterocycles. The van der Waals surface area contributed by atoms with Crippen LogP contribution in [0.5, 0.6) is 0 Å². The van der Waals surface area contributed by atoms with Gasteiger partial charge in [-0.05, 0) is 178 Å². The molecule has 0 fully saturated rings. The van der Waals surface area contributed by atoms with Gasteiger partial charge in [0.15, 0.2) is 0 Å². The molecule has 1 nitrogen and oxygen atoms in total. The molecule has 11 aromatic rings. The largest absolute Gasteiger partial charge is 0.309 e. The van der Waals surface area contributed by atoms with Gasteiger partial charge in [-0.1, -0.05) is 195 Å². The molecular weight excluding hydrogens is 831 g/mol. The lowest BCUT2D eigenvalue weighted by atomic mass is 9.81. The summed E-state index contributed by atoms with van der Waals surface area (Å²) in [6.07, 6.45) is 0. The average Bonchev–Trinajstić information content (AvgIpc) is 3.68. The molecule has 0 spiro atoms. The molecule has 0 saturated carbocycles. The molecule has 0 aliphatic carbocycles. The van der Waals surface area contributed by atoms with Crippen molar-refractivity contribution in [3.63, 3.8) is 0 Å². The predicted octanol–water partition coefficient (Wildman–Crippen LogP) is 19.0. The number of hydrogen-bond acceptors (Lipinski definition) is 0. The summed E-state index contributed by atoms with van der Waals surface area (Å²) >= 11 is 0. The van der Waals surface area contributed by atoms with Crippen LogP contribution in [0, 0.1) is 27.7 Å². The highest BCUT2D eigenvalue weighted by Gasteiger charge is 2.23. The molecule has 69 heavy (non-hydrogen) atoms. The highest BCUT2D eigenvalue weighted by molar-refractivity contribution is 6.12. The van der Waals surface area contributed by atoms with Crippen molar-refractivity contribution in [2.45, 2.75) is 53.9 Å². The molecule has 10 aromatic carbocycles. The molecule has 1 aromatic heterocycles. The quantitative estimate of drug-likeness (QED) is 0.143. The van der Waals surface area contributed by atoms with Crippen LogP contribution in [0.25, 0.3) is 105 Å². The van der Waals surface area contributed by atoms with Crippen molar-refractivity contribution in [1.82, 2.24) is 4.57 Å². The summed E-state index contributed by atoms with van der Waals surface area (Å²) in [6.45, 7) is 15.6. The maximum atomic E-state index is 2.51. The fourth-order valence-electron chi connectivity index (χ4n) is 10.5. The smallest absolute Gasteiger partial charge is 0.0541 e. The molecule has 0 saturated heterocycles. The van der Waals surface area contributed by atoms with Crippen LogP contribution in [0.4, 0.5) is 0 Å². The van der Waals surface area contributed by atoms with E-state index in [1.807, 2.05) is 0 Å². The minimum absolute atomic E-state index is 0.0388. The lowest BCUT2D eigenvalue weighted by Crippen LogP contribution is -2.13. The summed E-state index contributed by atoms with van der Waals surface area (Å²) in [7, 11) is 0. The SMILES string of the molecule is Cc1cccc(-c2cc(-c3cccc(C)c3)cc(-c3ccc4c(c3)c3cc(-c5cc(-c6cccc(C)c6)cc(-c6cccc(C)c6)c5)ccc3n4-c3ccccc3-c3ccccc3C(C)(C)C)c2)c1. The van der Waals surface area contributed by atoms with Gasteiger partial charge >= 0.3 is 0 Å². The number of nitrogens with zero attached hydrogens (tertiary/aromatic N) is 1. The van der Waals surface area contributed by atoms with Gasteiger partial charge in [0, 0.05) is 16.3 Å². The van der Waals surface area contributed by atoms with E-state index in [0.717, 1.165) is 0 Å². The molecule has 1 heterocycles. The topological polar surface area (TPSA) is 4.93 Å². The van der Waals surface area contributed by atoms with Gasteiger partial charge in [0.2, 0.25) is 0 Å². The Morgan fingerprint density at radius 3 is 0.971 bits per heavy atom. The van der Waals surface area contributed by atoms with E-state index in [0.29, 0.717) is 0 Å². The fourth-order valence-corrected chi connectivity index (χ4v) is 10.5. The first-order valence-corrected chi connectivity index (χ1v) is 24.3. The van der Waals surface area contributed by atoms with Gasteiger partial charge in [0.05, 0.1) is 16.7 Å². The van der Waals surface area contributed by atoms with Gasteiger partial charge in [-0.15, -0.1) is 0 Å². The van der Waals surface area contributed by atoms with E-state index in [-0.39, 0.29) is 5.41 Å². The molecule has 11 rings (SSSR count). The number of hydrogen-bond donors (Lipinski definition) is 0. The Bertz CT molecular complexity index is 3430. The zero-order valence-electron chi connectivity index (χ0n) is 40.7. The average molecular weight is 888 g/mol. The van der Waals surface area contributed by atoms with E-state index >= 15 is 0 Å². The third-order valence-electron chi connectivity index (χ3n) is 13.9. The Hall–Kier alpha value is -8.00. The van der Waals surface area contributed by atoms with Gasteiger partial charge in [-0.3, -0.25) is 0 Å². The predicted molar refractivity (Wildman–Crippen MR) is 296 cm³/mol. The minimum Gasteiger partial charge on any atom is -0.309 e. The second kappa shape index (κ2) is 17.6. The van der Waals surface area contributed by atoms with E-state index in [2.05, 4.69) is 271 Å². The number of rotatable bonds is 8. The number of aromatic nitrogens is 1. The van der Waals surface area contributed by atoms with Gasteiger partial charge in [0.1, 0.15) is 0 Å². The van der Waals surface area contributed by atoms with Crippen LogP contribution in [0.3, 0.4) is 0 Å². The Morgan fingerprint density at radius 2 is 0.609 bits per heavy atom. The van der Waals surface area contributed by atoms with Gasteiger partial charge in [-0.2, -0.15) is 0 Å². The summed E-state index contributed by atoms with van der Waals surface area (Å²) in [4.78, 5) is 0. The monoisotopic (exact) mass is 887 g/mol. The van der Waals surface area contributed by atoms with Crippen molar-refractivity contribution >= 4 is 21.8 Å². The summed E-state index contributed by atoms with van der Waals surface area (Å²) in [5.41, 5.74) is 26.8. The maximum Gasteiger partial charge on any atom is 0.0541 e. The van der Waals surface area contributed by atoms with Crippen LogP contribution < -0.4 is 0 Å². The zero-order chi connectivity index (χ0) is 47.4. The molecule has 334 valence electrons. The molecular formula is C68H57N. The molecule has 1 heteroatoms. The maximum absolute atomic E-state index is 2.51. The highest BCUT2D eigenvalue weighted by atomic mass is 15.0. The number of benzene rings is 10. The van der Waals surface area contributed by atoms with Crippen molar-refractivity contribution < 1.29 is 0 Å². The second-order valence-electron chi connectivity index (χ2n) is 20.2. The minimum atomic E-state index is -0.0388. The van der Waals surface area contributed by atoms with Crippen LogP contribution in [0.15, 0.2) is 218 Å². The molecule has 0 radical (unpaired) electrons. The van der Waals surface area contributed by atoms with E-state index in [4.69, 9.17) is 0 Å². The van der Waals surface area contributed by atoms with Crippen molar-refractivity contribution in [1.29, 1.82) is 0 Å². The van der Waals surface area contributed by atoms with E-state index in [1.54, 1.807) is 0 Å². The molecule has 0 aliphatic rings. The molecule has 0 amide bonds. The molecule has 0 bridgehead atoms. The fraction of sp³-hybridized carbons (Fsp3) is 0.118. The third kappa shape index (κ3) is 8.51. The van der Waals surface area contributed by atoms with Crippen LogP contribution in [0.2, 0.25) is 0 Å². The second-order valence-corrected chi connectivity index (χ2v) is 20.2. The number of para-hydroxylation sites is 1. The van der Waals surface area contributed by atoms with Crippen LogP contribution >= 0.6 is 0 Å². The van der Waals surface area contributed by atoms with Crippen molar-refractivity contribution in [2.75, 3.05) is 0 Å². The number of fused-ring (bicyclic) bond motifs is 3. The lowest BCUT2D eigenvalue weighted by molar-refractivity contribution is 0.592. The first kappa shape index (κ1) is 43.6. The normalized spacial score (nSPS) is 11.7. The summed E-state index contributed by atoms with van der Waals surface area (Å²) in [6, 6.07) is 81.9. The van der Waals surface area contributed by atoms with Crippen LogP contribution in [0.1, 0.15) is 48.6 Å². The molecule has 0 N–H and O–H groups in total. The van der Waals surface area contributed by atoms with E-state index in [9.17, 15) is 0 Å². The number of aryl methyl sites for hydroxylation is 4. The lowest BCUT2D eigenvalue weighted by Gasteiger charge is -2.24. The highest BCUT2D eigenvalue weighted by Crippen LogP contribution is 2.43. The standard InChI is InChI=1S/C68H57N/c1-44-16-12-20-48(32-44)54-36-55(49-21-13-17-45(2)33-49)39-58(38-54)52-28-30-66-62(42-52)63-43-53(59-40-56(50-22-14-18-46(3)34-50)37-57(41-59)51-23-15-19-47(4)35-51)29-31-67(63)69(66)65-27-11-9-25-61(65)60-24-8-10-26-64(60)68(5,6)7/h8-43H,1-7H3. The Morgan fingerprint density at radius 1 is 0.275 bits per heavy atom. The Balaban J connectivity index is 1.17. The zero-order valence-corrected chi connectivity index (χ0v) is 40.7. The summed E-state index contributed by atoms with van der Waals surface area (Å²) in [5, 5.41) is 2.44. The van der Waals surface area contributed by atoms with Crippen LogP contribution in [-0.2, 0) is 5.41 Å².